The van der Waals surface area contributed by atoms with Gasteiger partial charge in [0, 0.05) is 16.5 Å². The van der Waals surface area contributed by atoms with Crippen LogP contribution in [0.25, 0.3) is 0 Å². The molecule has 80 valence electrons. The summed E-state index contributed by atoms with van der Waals surface area (Å²) in [5.41, 5.74) is 1.34. The third kappa shape index (κ3) is 2.99. The van der Waals surface area contributed by atoms with Gasteiger partial charge >= 0.3 is 0 Å². The summed E-state index contributed by atoms with van der Waals surface area (Å²) >= 11 is 3.29. The summed E-state index contributed by atoms with van der Waals surface area (Å²) < 4.78 is 0.820. The second-order valence-corrected chi connectivity index (χ2v) is 4.38. The summed E-state index contributed by atoms with van der Waals surface area (Å²) in [6.45, 7) is 3.72. The van der Waals surface area contributed by atoms with E-state index in [0.717, 1.165) is 10.0 Å². The number of carbonyl (C=O) groups excluding carboxylic acids is 2. The van der Waals surface area contributed by atoms with Crippen LogP contribution in [-0.4, -0.2) is 11.6 Å². The highest BCUT2D eigenvalue weighted by atomic mass is 79.9. The summed E-state index contributed by atoms with van der Waals surface area (Å²) in [5.74, 6) is -0.686. The molecular weight excluding hydrogens is 256 g/mol. The van der Waals surface area contributed by atoms with Crippen LogP contribution in [0.2, 0.25) is 0 Å². The molecule has 0 fully saturated rings. The number of hydrogen-bond acceptors (Lipinski definition) is 2. The van der Waals surface area contributed by atoms with E-state index in [4.69, 9.17) is 0 Å². The first-order chi connectivity index (χ1) is 7.06. The molecule has 0 amide bonds. The zero-order chi connectivity index (χ0) is 11.4. The zero-order valence-electron chi connectivity index (χ0n) is 8.84. The molecule has 3 heteroatoms. The summed E-state index contributed by atoms with van der Waals surface area (Å²) in [6.07, 6.45) is 1.03. The van der Waals surface area contributed by atoms with Gasteiger partial charge in [0.05, 0.1) is 0 Å². The van der Waals surface area contributed by atoms with E-state index in [1.165, 1.54) is 0 Å². The molecule has 0 N–H and O–H groups in total. The first kappa shape index (κ1) is 12.1. The lowest BCUT2D eigenvalue weighted by atomic mass is 10.0. The summed E-state index contributed by atoms with van der Waals surface area (Å²) in [5, 5.41) is 0. The van der Waals surface area contributed by atoms with Crippen molar-refractivity contribution in [3.8, 4) is 0 Å². The number of Topliss-reactive ketones (excluding diaryl/α,β-unsaturated/α-hetero) is 2. The second kappa shape index (κ2) is 5.21. The fourth-order valence-electron chi connectivity index (χ4n) is 1.33. The fraction of sp³-hybridized carbons (Fsp3) is 0.333. The van der Waals surface area contributed by atoms with Crippen LogP contribution < -0.4 is 0 Å². The van der Waals surface area contributed by atoms with E-state index in [9.17, 15) is 9.59 Å². The molecule has 0 spiro atoms. The number of rotatable bonds is 4. The Labute approximate surface area is 97.8 Å². The first-order valence-corrected chi connectivity index (χ1v) is 5.69. The average Bonchev–Trinajstić information content (AvgIpc) is 2.21. The van der Waals surface area contributed by atoms with Gasteiger partial charge in [0.25, 0.3) is 0 Å². The quantitative estimate of drug-likeness (QED) is 0.620. The van der Waals surface area contributed by atoms with Crippen molar-refractivity contribution in [3.05, 3.63) is 33.8 Å². The van der Waals surface area contributed by atoms with Gasteiger partial charge < -0.3 is 0 Å². The van der Waals surface area contributed by atoms with Crippen molar-refractivity contribution in [2.24, 2.45) is 0 Å². The number of halogens is 1. The minimum absolute atomic E-state index is 0.307. The lowest BCUT2D eigenvalue weighted by Gasteiger charge is -2.04. The molecule has 0 saturated carbocycles. The zero-order valence-corrected chi connectivity index (χ0v) is 10.4. The molecule has 0 aromatic heterocycles. The van der Waals surface area contributed by atoms with Crippen LogP contribution in [0.5, 0.6) is 0 Å². The Morgan fingerprint density at radius 1 is 1.33 bits per heavy atom. The van der Waals surface area contributed by atoms with Crippen LogP contribution in [0.1, 0.15) is 35.7 Å². The molecule has 0 radical (unpaired) electrons. The van der Waals surface area contributed by atoms with Gasteiger partial charge in [0.1, 0.15) is 0 Å². The average molecular weight is 269 g/mol. The Balaban J connectivity index is 3.00. The molecule has 1 aromatic carbocycles. The molecule has 0 heterocycles. The van der Waals surface area contributed by atoms with Crippen molar-refractivity contribution in [3.63, 3.8) is 0 Å². The van der Waals surface area contributed by atoms with Gasteiger partial charge in [0.15, 0.2) is 0 Å². The Bertz CT molecular complexity index is 397. The molecule has 0 unspecified atom stereocenters. The molecule has 1 aromatic rings. The maximum Gasteiger partial charge on any atom is 0.228 e. The van der Waals surface area contributed by atoms with Crippen LogP contribution >= 0.6 is 15.9 Å². The molecule has 0 aliphatic carbocycles. The van der Waals surface area contributed by atoms with Gasteiger partial charge in [0.2, 0.25) is 11.6 Å². The topological polar surface area (TPSA) is 34.1 Å². The Morgan fingerprint density at radius 3 is 2.60 bits per heavy atom. The van der Waals surface area contributed by atoms with Crippen LogP contribution in [0.15, 0.2) is 22.7 Å². The van der Waals surface area contributed by atoms with Crippen molar-refractivity contribution in [1.29, 1.82) is 0 Å². The number of ketones is 2. The highest BCUT2D eigenvalue weighted by Crippen LogP contribution is 2.17. The maximum absolute atomic E-state index is 11.7. The third-order valence-corrected chi connectivity index (χ3v) is 2.67. The second-order valence-electron chi connectivity index (χ2n) is 3.46. The van der Waals surface area contributed by atoms with Gasteiger partial charge in [-0.15, -0.1) is 0 Å². The number of carbonyl (C=O) groups is 2. The molecule has 2 nitrogen and oxygen atoms in total. The van der Waals surface area contributed by atoms with E-state index in [0.29, 0.717) is 18.4 Å². The number of aryl methyl sites for hydroxylation is 1. The summed E-state index contributed by atoms with van der Waals surface area (Å²) in [6, 6.07) is 5.39. The van der Waals surface area contributed by atoms with Crippen molar-refractivity contribution >= 4 is 27.5 Å². The monoisotopic (exact) mass is 268 g/mol. The summed E-state index contributed by atoms with van der Waals surface area (Å²) in [4.78, 5) is 23.2. The van der Waals surface area contributed by atoms with Gasteiger partial charge in [-0.3, -0.25) is 9.59 Å². The van der Waals surface area contributed by atoms with Crippen LogP contribution in [-0.2, 0) is 4.79 Å². The molecule has 0 bridgehead atoms. The SMILES string of the molecule is CCCC(=O)C(=O)c1cc(Br)ccc1C. The highest BCUT2D eigenvalue weighted by molar-refractivity contribution is 9.10. The van der Waals surface area contributed by atoms with Gasteiger partial charge in [-0.05, 0) is 31.0 Å². The Kier molecular flexibility index (Phi) is 4.21. The molecule has 0 saturated heterocycles. The first-order valence-electron chi connectivity index (χ1n) is 4.90. The van der Waals surface area contributed by atoms with Crippen molar-refractivity contribution in [2.75, 3.05) is 0 Å². The van der Waals surface area contributed by atoms with E-state index in [1.54, 1.807) is 6.07 Å². The van der Waals surface area contributed by atoms with E-state index in [2.05, 4.69) is 15.9 Å². The van der Waals surface area contributed by atoms with E-state index in [-0.39, 0.29) is 11.6 Å². The van der Waals surface area contributed by atoms with Crippen LogP contribution in [0.4, 0.5) is 0 Å². The van der Waals surface area contributed by atoms with E-state index >= 15 is 0 Å². The molecule has 0 aliphatic heterocycles. The Morgan fingerprint density at radius 2 is 2.00 bits per heavy atom. The number of hydrogen-bond donors (Lipinski definition) is 0. The Hall–Kier alpha value is -0.960. The van der Waals surface area contributed by atoms with Gasteiger partial charge in [-0.1, -0.05) is 28.9 Å². The van der Waals surface area contributed by atoms with Crippen LogP contribution in [0, 0.1) is 6.92 Å². The maximum atomic E-state index is 11.7. The van der Waals surface area contributed by atoms with E-state index < -0.39 is 0 Å². The molecule has 0 atom stereocenters. The third-order valence-electron chi connectivity index (χ3n) is 2.17. The van der Waals surface area contributed by atoms with Crippen molar-refractivity contribution in [2.45, 2.75) is 26.7 Å². The predicted octanol–water partition coefficient (Wildman–Crippen LogP) is 3.31. The molecule has 1 rings (SSSR count). The lowest BCUT2D eigenvalue weighted by molar-refractivity contribution is -0.115. The van der Waals surface area contributed by atoms with Crippen molar-refractivity contribution in [1.82, 2.24) is 0 Å². The standard InChI is InChI=1S/C12H13BrO2/c1-3-4-11(14)12(15)10-7-9(13)6-5-8(10)2/h5-7H,3-4H2,1-2H3. The summed E-state index contributed by atoms with van der Waals surface area (Å²) in [7, 11) is 0. The fourth-order valence-corrected chi connectivity index (χ4v) is 1.69. The minimum atomic E-state index is -0.379. The van der Waals surface area contributed by atoms with Gasteiger partial charge in [-0.2, -0.15) is 0 Å². The van der Waals surface area contributed by atoms with E-state index in [1.807, 2.05) is 26.0 Å². The van der Waals surface area contributed by atoms with Gasteiger partial charge in [-0.25, -0.2) is 0 Å². The number of benzene rings is 1. The lowest BCUT2D eigenvalue weighted by Crippen LogP contribution is -2.14. The molecule has 0 aliphatic rings. The van der Waals surface area contributed by atoms with Crippen LogP contribution in [0.3, 0.4) is 0 Å². The minimum Gasteiger partial charge on any atom is -0.290 e. The molecular formula is C12H13BrO2. The predicted molar refractivity (Wildman–Crippen MR) is 63.1 cm³/mol. The normalized spacial score (nSPS) is 10.1. The largest absolute Gasteiger partial charge is 0.290 e. The smallest absolute Gasteiger partial charge is 0.228 e. The molecule has 15 heavy (non-hydrogen) atoms. The highest BCUT2D eigenvalue weighted by Gasteiger charge is 2.17. The van der Waals surface area contributed by atoms with Crippen molar-refractivity contribution < 1.29 is 9.59 Å².